The zero-order valence-corrected chi connectivity index (χ0v) is 16.7. The van der Waals surface area contributed by atoms with Gasteiger partial charge >= 0.3 is 0 Å². The molecular weight excluding hydrogens is 392 g/mol. The number of aromatic amines is 2. The minimum absolute atomic E-state index is 0.618. The Bertz CT molecular complexity index is 1370. The van der Waals surface area contributed by atoms with Gasteiger partial charge in [-0.25, -0.2) is 15.0 Å². The monoisotopic (exact) mass is 412 g/mol. The van der Waals surface area contributed by atoms with Crippen LogP contribution < -0.4 is 21.3 Å². The average Bonchev–Trinajstić information content (AvgIpc) is 3.39. The third-order valence-corrected chi connectivity index (χ3v) is 4.96. The number of anilines is 4. The molecular formula is C22H20N8O. The van der Waals surface area contributed by atoms with Crippen LogP contribution in [0.25, 0.3) is 22.1 Å². The molecule has 0 bridgehead atoms. The zero-order valence-electron chi connectivity index (χ0n) is 16.7. The van der Waals surface area contributed by atoms with Gasteiger partial charge in [-0.05, 0) is 67.6 Å². The molecule has 2 heterocycles. The van der Waals surface area contributed by atoms with Gasteiger partial charge in [0.05, 0.1) is 45.5 Å². The van der Waals surface area contributed by atoms with Crippen molar-refractivity contribution < 1.29 is 4.79 Å². The highest BCUT2D eigenvalue weighted by atomic mass is 16.2. The summed E-state index contributed by atoms with van der Waals surface area (Å²) in [5.74, 6) is 0.837. The molecule has 5 rings (SSSR count). The molecule has 9 nitrogen and oxygen atoms in total. The molecule has 0 fully saturated rings. The molecule has 31 heavy (non-hydrogen) atoms. The van der Waals surface area contributed by atoms with Crippen LogP contribution in [0.5, 0.6) is 0 Å². The number of benzene rings is 3. The van der Waals surface area contributed by atoms with Crippen molar-refractivity contribution in [1.29, 1.82) is 0 Å². The van der Waals surface area contributed by atoms with Crippen molar-refractivity contribution in [2.24, 2.45) is 0 Å². The largest absolute Gasteiger partial charge is 0.399 e. The third kappa shape index (κ3) is 3.48. The zero-order chi connectivity index (χ0) is 21.4. The van der Waals surface area contributed by atoms with E-state index in [1.54, 1.807) is 35.7 Å². The summed E-state index contributed by atoms with van der Waals surface area (Å²) in [7, 11) is 0. The van der Waals surface area contributed by atoms with E-state index in [1.165, 1.54) is 5.01 Å². The highest BCUT2D eigenvalue weighted by Gasteiger charge is 2.18. The molecule has 5 N–H and O–H groups in total. The second kappa shape index (κ2) is 7.38. The van der Waals surface area contributed by atoms with Gasteiger partial charge in [-0.1, -0.05) is 0 Å². The number of hydrazine groups is 2. The number of carbonyl (C=O) groups excluding carboxylic acids is 1. The lowest BCUT2D eigenvalue weighted by Gasteiger charge is -2.34. The Kier molecular flexibility index (Phi) is 4.40. The normalized spacial score (nSPS) is 11.0. The predicted molar refractivity (Wildman–Crippen MR) is 122 cm³/mol. The number of aromatic nitrogens is 4. The summed E-state index contributed by atoms with van der Waals surface area (Å²) in [6, 6.07) is 18.6. The van der Waals surface area contributed by atoms with Crippen molar-refractivity contribution in [3.05, 3.63) is 72.8 Å². The first-order chi connectivity index (χ1) is 15.1. The maximum absolute atomic E-state index is 12.2. The lowest BCUT2D eigenvalue weighted by Crippen LogP contribution is -2.46. The van der Waals surface area contributed by atoms with Crippen molar-refractivity contribution in [1.82, 2.24) is 19.9 Å². The fraction of sp³-hybridized carbons (Fsp3) is 0.0455. The van der Waals surface area contributed by atoms with Crippen LogP contribution in [-0.4, -0.2) is 26.3 Å². The maximum Gasteiger partial charge on any atom is 0.234 e. The van der Waals surface area contributed by atoms with Crippen molar-refractivity contribution in [3.63, 3.8) is 0 Å². The number of imidazole rings is 2. The highest BCUT2D eigenvalue weighted by Crippen LogP contribution is 2.27. The summed E-state index contributed by atoms with van der Waals surface area (Å²) in [6.07, 6.45) is 2.38. The van der Waals surface area contributed by atoms with Crippen LogP contribution in [0.3, 0.4) is 0 Å². The Labute approximate surface area is 177 Å². The van der Waals surface area contributed by atoms with Crippen molar-refractivity contribution >= 4 is 51.2 Å². The quantitative estimate of drug-likeness (QED) is 0.192. The van der Waals surface area contributed by atoms with Crippen molar-refractivity contribution in [3.8, 4) is 0 Å². The van der Waals surface area contributed by atoms with Crippen LogP contribution in [0.1, 0.15) is 5.82 Å². The predicted octanol–water partition coefficient (Wildman–Crippen LogP) is 3.74. The maximum atomic E-state index is 12.2. The second-order valence-electron chi connectivity index (χ2n) is 7.12. The Morgan fingerprint density at radius 2 is 1.77 bits per heavy atom. The van der Waals surface area contributed by atoms with Gasteiger partial charge in [-0.3, -0.25) is 10.2 Å². The Balaban J connectivity index is 1.59. The number of nitrogens with one attached hydrogen (secondary N) is 3. The summed E-state index contributed by atoms with van der Waals surface area (Å²) < 4.78 is 0. The van der Waals surface area contributed by atoms with Crippen LogP contribution >= 0.6 is 0 Å². The van der Waals surface area contributed by atoms with Crippen LogP contribution in [0.4, 0.5) is 22.7 Å². The molecule has 1 amide bonds. The molecule has 0 radical (unpaired) electrons. The molecule has 0 saturated heterocycles. The standard InChI is InChI=1S/C22H20N8O/c1-14-26-20-8-4-16(10-22(20)27-14)28-30(18-7-9-19-21(11-18)25-12-24-19)29(13-31)17-5-2-15(23)3-6-17/h2-13,28H,23H2,1H3,(H,24,25)(H,26,27). The van der Waals surface area contributed by atoms with Crippen molar-refractivity contribution in [2.75, 3.05) is 21.3 Å². The van der Waals surface area contributed by atoms with E-state index in [0.29, 0.717) is 11.4 Å². The van der Waals surface area contributed by atoms with Gasteiger partial charge in [0, 0.05) is 5.69 Å². The van der Waals surface area contributed by atoms with E-state index < -0.39 is 0 Å². The van der Waals surface area contributed by atoms with E-state index in [4.69, 9.17) is 5.73 Å². The first-order valence-electron chi connectivity index (χ1n) is 9.67. The highest BCUT2D eigenvalue weighted by molar-refractivity contribution is 5.86. The van der Waals surface area contributed by atoms with Gasteiger partial charge in [-0.15, -0.1) is 0 Å². The summed E-state index contributed by atoms with van der Waals surface area (Å²) in [5.41, 5.74) is 15.4. The van der Waals surface area contributed by atoms with E-state index in [1.807, 2.05) is 43.3 Å². The van der Waals surface area contributed by atoms with Gasteiger partial charge in [-0.2, -0.15) is 5.12 Å². The number of nitrogens with zero attached hydrogens (tertiary/aromatic N) is 4. The molecule has 0 saturated carbocycles. The number of rotatable bonds is 6. The summed E-state index contributed by atoms with van der Waals surface area (Å²) >= 11 is 0. The number of aryl methyl sites for hydroxylation is 1. The second-order valence-corrected chi connectivity index (χ2v) is 7.12. The number of carbonyl (C=O) groups is 1. The molecule has 5 aromatic rings. The van der Waals surface area contributed by atoms with Crippen molar-refractivity contribution in [2.45, 2.75) is 6.92 Å². The van der Waals surface area contributed by atoms with E-state index >= 15 is 0 Å². The fourth-order valence-corrected chi connectivity index (χ4v) is 3.47. The number of H-pyrrole nitrogens is 2. The van der Waals surface area contributed by atoms with Crippen LogP contribution in [-0.2, 0) is 4.79 Å². The number of nitrogen functional groups attached to an aromatic ring is 1. The van der Waals surface area contributed by atoms with Crippen LogP contribution in [0.15, 0.2) is 67.0 Å². The first-order valence-corrected chi connectivity index (χ1v) is 9.67. The minimum atomic E-state index is 0.618. The average molecular weight is 412 g/mol. The lowest BCUT2D eigenvalue weighted by molar-refractivity contribution is -0.107. The van der Waals surface area contributed by atoms with Gasteiger partial charge in [0.1, 0.15) is 5.82 Å². The SMILES string of the molecule is Cc1nc2ccc(NN(c3ccc4[nH]cnc4c3)N(C=O)c3ccc(N)cc3)cc2[nH]1. The molecule has 0 unspecified atom stereocenters. The van der Waals surface area contributed by atoms with E-state index in [2.05, 4.69) is 25.4 Å². The summed E-state index contributed by atoms with van der Waals surface area (Å²) in [4.78, 5) is 27.3. The summed E-state index contributed by atoms with van der Waals surface area (Å²) in [6.45, 7) is 1.91. The van der Waals surface area contributed by atoms with E-state index in [0.717, 1.165) is 45.7 Å². The van der Waals surface area contributed by atoms with E-state index in [9.17, 15) is 4.79 Å². The molecule has 0 atom stereocenters. The Morgan fingerprint density at radius 1 is 0.968 bits per heavy atom. The molecule has 154 valence electrons. The Morgan fingerprint density at radius 3 is 2.58 bits per heavy atom. The fourth-order valence-electron chi connectivity index (χ4n) is 3.47. The topological polar surface area (TPSA) is 119 Å². The number of fused-ring (bicyclic) bond motifs is 2. The third-order valence-electron chi connectivity index (χ3n) is 4.96. The van der Waals surface area contributed by atoms with Gasteiger partial charge in [0.15, 0.2) is 0 Å². The molecule has 0 aliphatic carbocycles. The molecule has 0 aliphatic heterocycles. The molecule has 3 aromatic carbocycles. The molecule has 0 spiro atoms. The molecule has 0 aliphatic rings. The number of amides is 1. The van der Waals surface area contributed by atoms with Gasteiger partial charge < -0.3 is 15.7 Å². The van der Waals surface area contributed by atoms with Crippen LogP contribution in [0.2, 0.25) is 0 Å². The number of hydrogen-bond acceptors (Lipinski definition) is 6. The number of hydrogen-bond donors (Lipinski definition) is 4. The lowest BCUT2D eigenvalue weighted by atomic mass is 10.2. The molecule has 9 heteroatoms. The van der Waals surface area contributed by atoms with E-state index in [-0.39, 0.29) is 0 Å². The first kappa shape index (κ1) is 18.5. The smallest absolute Gasteiger partial charge is 0.234 e. The molecule has 2 aromatic heterocycles. The van der Waals surface area contributed by atoms with Gasteiger partial charge in [0.25, 0.3) is 0 Å². The summed E-state index contributed by atoms with van der Waals surface area (Å²) in [5, 5.41) is 3.13. The van der Waals surface area contributed by atoms with Crippen LogP contribution in [0, 0.1) is 6.92 Å². The number of nitrogens with two attached hydrogens (primary N) is 1. The van der Waals surface area contributed by atoms with Gasteiger partial charge in [0.2, 0.25) is 6.41 Å². The Hall–Kier alpha value is -4.53. The minimum Gasteiger partial charge on any atom is -0.399 e.